The summed E-state index contributed by atoms with van der Waals surface area (Å²) in [4.78, 5) is 36.5. The molecule has 2 aromatic rings. The zero-order chi connectivity index (χ0) is 41.8. The maximum Gasteiger partial charge on any atom is 0.314 e. The van der Waals surface area contributed by atoms with Gasteiger partial charge in [0.25, 0.3) is 0 Å². The second-order valence-corrected chi connectivity index (χ2v) is 16.4. The number of methoxy groups -OCH3 is 3. The van der Waals surface area contributed by atoms with Gasteiger partial charge in [-0.1, -0.05) is 70.5 Å². The van der Waals surface area contributed by atoms with Crippen molar-refractivity contribution in [3.8, 4) is 11.5 Å². The van der Waals surface area contributed by atoms with Gasteiger partial charge < -0.3 is 46.2 Å². The number of hydrogen-bond acceptors (Lipinski definition) is 10. The zero-order valence-corrected chi connectivity index (χ0v) is 35.5. The first-order valence-corrected chi connectivity index (χ1v) is 20.2. The third-order valence-corrected chi connectivity index (χ3v) is 10.9. The van der Waals surface area contributed by atoms with E-state index in [-0.39, 0.29) is 48.6 Å². The number of esters is 1. The van der Waals surface area contributed by atoms with E-state index in [1.54, 1.807) is 28.1 Å². The van der Waals surface area contributed by atoms with E-state index in [2.05, 4.69) is 24.5 Å². The van der Waals surface area contributed by atoms with Crippen LogP contribution in [0.15, 0.2) is 48.5 Å². The van der Waals surface area contributed by atoms with Crippen molar-refractivity contribution in [2.24, 2.45) is 40.6 Å². The van der Waals surface area contributed by atoms with Gasteiger partial charge in [0.1, 0.15) is 0 Å². The average Bonchev–Trinajstić information content (AvgIpc) is 3.18. The summed E-state index contributed by atoms with van der Waals surface area (Å²) in [7, 11) is 4.75. The Morgan fingerprint density at radius 2 is 1.64 bits per heavy atom. The van der Waals surface area contributed by atoms with E-state index in [4.69, 9.17) is 30.4 Å². The SMILES string of the molecule is COC(=O)C(c1ccccc1)C1CCCCN1.COCCCOc1cc(C[C@@H](C[C@H](N)[C@@H](O)C[C@H](C(=O)NCC(C)(C)C(N)=O)C(C)C)C(C)C)ccc1OC. The molecule has 6 atom stereocenters. The van der Waals surface area contributed by atoms with Gasteiger partial charge in [-0.25, -0.2) is 0 Å². The van der Waals surface area contributed by atoms with Gasteiger partial charge in [0.05, 0.1) is 38.3 Å². The van der Waals surface area contributed by atoms with Crippen LogP contribution in [-0.4, -0.2) is 88.7 Å². The molecule has 12 nitrogen and oxygen atoms in total. The number of rotatable bonds is 22. The first kappa shape index (κ1) is 48.4. The molecule has 1 fully saturated rings. The van der Waals surface area contributed by atoms with Crippen LogP contribution in [0.4, 0.5) is 0 Å². The van der Waals surface area contributed by atoms with Gasteiger partial charge in [0.2, 0.25) is 11.8 Å². The number of amides is 2. The molecule has 1 aliphatic rings. The van der Waals surface area contributed by atoms with Crippen LogP contribution in [0.25, 0.3) is 0 Å². The van der Waals surface area contributed by atoms with Crippen LogP contribution >= 0.6 is 0 Å². The highest BCUT2D eigenvalue weighted by atomic mass is 16.5. The molecule has 12 heteroatoms. The average molecular weight is 785 g/mol. The molecule has 1 aliphatic heterocycles. The van der Waals surface area contributed by atoms with Gasteiger partial charge >= 0.3 is 5.97 Å². The molecule has 0 spiro atoms. The Hall–Kier alpha value is -3.71. The van der Waals surface area contributed by atoms with Gasteiger partial charge in [0, 0.05) is 44.7 Å². The van der Waals surface area contributed by atoms with Gasteiger partial charge in [-0.3, -0.25) is 14.4 Å². The van der Waals surface area contributed by atoms with Crippen LogP contribution in [0, 0.1) is 29.1 Å². The van der Waals surface area contributed by atoms with Crippen molar-refractivity contribution in [3.05, 3.63) is 59.7 Å². The summed E-state index contributed by atoms with van der Waals surface area (Å²) in [6.07, 6.45) is 4.97. The summed E-state index contributed by atoms with van der Waals surface area (Å²) >= 11 is 0. The van der Waals surface area contributed by atoms with Crippen LogP contribution in [0.3, 0.4) is 0 Å². The molecule has 2 aromatic carbocycles. The van der Waals surface area contributed by atoms with Crippen molar-refractivity contribution in [2.75, 3.05) is 47.6 Å². The van der Waals surface area contributed by atoms with E-state index >= 15 is 0 Å². The number of carbonyl (C=O) groups is 3. The van der Waals surface area contributed by atoms with Crippen molar-refractivity contribution >= 4 is 17.8 Å². The number of primary amides is 1. The van der Waals surface area contributed by atoms with E-state index in [1.807, 2.05) is 62.4 Å². The zero-order valence-electron chi connectivity index (χ0n) is 35.5. The fourth-order valence-electron chi connectivity index (χ4n) is 6.87. The minimum atomic E-state index is -0.854. The van der Waals surface area contributed by atoms with E-state index in [0.717, 1.165) is 36.9 Å². The predicted octanol–water partition coefficient (Wildman–Crippen LogP) is 5.38. The number of nitrogens with one attached hydrogen (secondary N) is 2. The van der Waals surface area contributed by atoms with Crippen molar-refractivity contribution in [1.82, 2.24) is 10.6 Å². The second-order valence-electron chi connectivity index (χ2n) is 16.4. The quantitative estimate of drug-likeness (QED) is 0.0768. The molecule has 1 saturated heterocycles. The normalized spacial score (nSPS) is 17.1. The number of ether oxygens (including phenoxy) is 4. The Kier molecular flexibility index (Phi) is 21.5. The molecule has 0 aromatic heterocycles. The first-order valence-electron chi connectivity index (χ1n) is 20.2. The Morgan fingerprint density at radius 3 is 2.20 bits per heavy atom. The van der Waals surface area contributed by atoms with Crippen LogP contribution in [-0.2, 0) is 30.3 Å². The molecular weight excluding hydrogens is 713 g/mol. The van der Waals surface area contributed by atoms with E-state index in [9.17, 15) is 19.5 Å². The number of hydrogen-bond donors (Lipinski definition) is 5. The van der Waals surface area contributed by atoms with Crippen LogP contribution in [0.2, 0.25) is 0 Å². The van der Waals surface area contributed by atoms with Crippen LogP contribution in [0.5, 0.6) is 11.5 Å². The Labute approximate surface area is 336 Å². The standard InChI is InChI=1S/C30H53N3O6.C14H19NO2/c1-19(2)22(14-21-10-11-26(38-8)27(15-21)39-13-9-12-37-7)16-24(31)25(34)17-23(20(3)4)28(35)33-18-30(5,6)29(32)36;1-17-14(16)13(11-7-3-2-4-8-11)12-9-5-6-10-15-12/h10-11,15,19-20,22-25,34H,9,12-14,16-18,31H2,1-8H3,(H2,32,36)(H,33,35);2-4,7-8,12-13,15H,5-6,9-10H2,1H3/t22-,23-,24-,25-;/m0./s1. The number of aliphatic hydroxyl groups excluding tert-OH is 1. The van der Waals surface area contributed by atoms with Crippen molar-refractivity contribution < 1.29 is 38.4 Å². The highest BCUT2D eigenvalue weighted by Crippen LogP contribution is 2.32. The van der Waals surface area contributed by atoms with E-state index in [0.29, 0.717) is 37.1 Å². The van der Waals surface area contributed by atoms with Gasteiger partial charge in [0.15, 0.2) is 11.5 Å². The summed E-state index contributed by atoms with van der Waals surface area (Å²) in [6, 6.07) is 15.6. The van der Waals surface area contributed by atoms with Crippen molar-refractivity contribution in [1.29, 1.82) is 0 Å². The predicted molar refractivity (Wildman–Crippen MR) is 221 cm³/mol. The molecule has 0 saturated carbocycles. The van der Waals surface area contributed by atoms with Crippen molar-refractivity contribution in [3.63, 3.8) is 0 Å². The van der Waals surface area contributed by atoms with Gasteiger partial charge in [-0.2, -0.15) is 0 Å². The monoisotopic (exact) mass is 785 g/mol. The molecule has 3 rings (SSSR count). The Bertz CT molecular complexity index is 1450. The van der Waals surface area contributed by atoms with Crippen molar-refractivity contribution in [2.45, 2.75) is 111 Å². The summed E-state index contributed by atoms with van der Waals surface area (Å²) in [5.74, 6) is 0.470. The maximum atomic E-state index is 12.9. The summed E-state index contributed by atoms with van der Waals surface area (Å²) in [5.41, 5.74) is 13.2. The number of benzene rings is 2. The molecule has 7 N–H and O–H groups in total. The lowest BCUT2D eigenvalue weighted by Crippen LogP contribution is -2.46. The number of piperidine rings is 1. The van der Waals surface area contributed by atoms with Crippen LogP contribution < -0.4 is 31.6 Å². The number of carbonyl (C=O) groups excluding carboxylic acids is 3. The second kappa shape index (κ2) is 24.8. The smallest absolute Gasteiger partial charge is 0.314 e. The molecule has 0 bridgehead atoms. The highest BCUT2D eigenvalue weighted by molar-refractivity contribution is 5.83. The highest BCUT2D eigenvalue weighted by Gasteiger charge is 2.33. The third-order valence-electron chi connectivity index (χ3n) is 10.9. The minimum absolute atomic E-state index is 0.00829. The molecule has 2 amide bonds. The van der Waals surface area contributed by atoms with Gasteiger partial charge in [-0.15, -0.1) is 0 Å². The molecular formula is C44H72N4O8. The topological polar surface area (TPSA) is 184 Å². The summed E-state index contributed by atoms with van der Waals surface area (Å²) in [6.45, 7) is 13.9. The number of nitrogens with two attached hydrogens (primary N) is 2. The lowest BCUT2D eigenvalue weighted by Gasteiger charge is -2.30. The van der Waals surface area contributed by atoms with E-state index < -0.39 is 29.4 Å². The lowest BCUT2D eigenvalue weighted by atomic mass is 9.80. The van der Waals surface area contributed by atoms with Crippen LogP contribution in [0.1, 0.15) is 97.1 Å². The fourth-order valence-corrected chi connectivity index (χ4v) is 6.87. The lowest BCUT2D eigenvalue weighted by molar-refractivity contribution is -0.143. The molecule has 0 radical (unpaired) electrons. The molecule has 0 aliphatic carbocycles. The minimum Gasteiger partial charge on any atom is -0.493 e. The largest absolute Gasteiger partial charge is 0.493 e. The first-order chi connectivity index (χ1) is 26.6. The maximum absolute atomic E-state index is 12.9. The molecule has 56 heavy (non-hydrogen) atoms. The molecule has 2 unspecified atom stereocenters. The Balaban J connectivity index is 0.000000524. The summed E-state index contributed by atoms with van der Waals surface area (Å²) in [5, 5.41) is 17.3. The number of aliphatic hydroxyl groups is 1. The molecule has 316 valence electrons. The van der Waals surface area contributed by atoms with E-state index in [1.165, 1.54) is 20.0 Å². The fraction of sp³-hybridized carbons (Fsp3) is 0.659. The summed E-state index contributed by atoms with van der Waals surface area (Å²) < 4.78 is 21.4. The Morgan fingerprint density at radius 1 is 0.946 bits per heavy atom. The molecule has 1 heterocycles. The third kappa shape index (κ3) is 16.0. The van der Waals surface area contributed by atoms with Gasteiger partial charge in [-0.05, 0) is 93.5 Å².